The van der Waals surface area contributed by atoms with Crippen LogP contribution in [0.25, 0.3) is 0 Å². The maximum atomic E-state index is 12.8. The zero-order chi connectivity index (χ0) is 49.2. The molecule has 1 saturated carbocycles. The second-order valence-electron chi connectivity index (χ2n) is 17.7. The lowest BCUT2D eigenvalue weighted by Crippen LogP contribution is -2.64. The molecule has 1 fully saturated rings. The van der Waals surface area contributed by atoms with E-state index in [2.05, 4.69) is 68.5 Å². The van der Waals surface area contributed by atoms with Crippen LogP contribution in [0.2, 0.25) is 0 Å². The third-order valence-electron chi connectivity index (χ3n) is 11.6. The summed E-state index contributed by atoms with van der Waals surface area (Å²) in [6.07, 6.45) is 41.0. The molecule has 8 atom stereocenters. The second kappa shape index (κ2) is 42.2. The molecule has 6 N–H and O–H groups in total. The number of allylic oxidation sites excluding steroid dienone is 12. The van der Waals surface area contributed by atoms with Crippen LogP contribution in [0.5, 0.6) is 0 Å². The Morgan fingerprint density at radius 2 is 0.851 bits per heavy atom. The summed E-state index contributed by atoms with van der Waals surface area (Å²) < 4.78 is 33.6. The lowest BCUT2D eigenvalue weighted by molar-refractivity contribution is -0.220. The predicted molar refractivity (Wildman–Crippen MR) is 267 cm³/mol. The lowest BCUT2D eigenvalue weighted by Gasteiger charge is -2.41. The number of aliphatic hydroxyl groups is 5. The van der Waals surface area contributed by atoms with Gasteiger partial charge in [-0.25, -0.2) is 4.57 Å². The van der Waals surface area contributed by atoms with E-state index in [1.54, 1.807) is 0 Å². The third kappa shape index (κ3) is 34.3. The van der Waals surface area contributed by atoms with Gasteiger partial charge < -0.3 is 39.9 Å². The average Bonchev–Trinajstić information content (AvgIpc) is 3.31. The first-order chi connectivity index (χ1) is 32.4. The van der Waals surface area contributed by atoms with E-state index in [1.165, 1.54) is 89.9 Å². The first-order valence-corrected chi connectivity index (χ1v) is 27.2. The van der Waals surface area contributed by atoms with E-state index in [-0.39, 0.29) is 12.8 Å². The van der Waals surface area contributed by atoms with Crippen molar-refractivity contribution in [1.82, 2.24) is 0 Å². The maximum Gasteiger partial charge on any atom is 0.472 e. The van der Waals surface area contributed by atoms with Crippen molar-refractivity contribution in [2.45, 2.75) is 236 Å². The topological polar surface area (TPSA) is 210 Å². The average molecular weight is 967 g/mol. The molecule has 6 unspecified atom stereocenters. The van der Waals surface area contributed by atoms with Crippen molar-refractivity contribution in [3.05, 3.63) is 72.9 Å². The van der Waals surface area contributed by atoms with Crippen LogP contribution in [-0.2, 0) is 32.7 Å². The van der Waals surface area contributed by atoms with Gasteiger partial charge in [-0.15, -0.1) is 0 Å². The van der Waals surface area contributed by atoms with Crippen LogP contribution in [-0.4, -0.2) is 98.3 Å². The van der Waals surface area contributed by atoms with Crippen molar-refractivity contribution in [2.24, 2.45) is 0 Å². The quantitative estimate of drug-likeness (QED) is 0.0146. The van der Waals surface area contributed by atoms with Gasteiger partial charge in [0.1, 0.15) is 43.2 Å². The first-order valence-electron chi connectivity index (χ1n) is 25.7. The van der Waals surface area contributed by atoms with Crippen molar-refractivity contribution < 1.29 is 63.1 Å². The van der Waals surface area contributed by atoms with E-state index >= 15 is 0 Å². The number of unbranched alkanes of at least 4 members (excludes halogenated alkanes) is 18. The van der Waals surface area contributed by atoms with Crippen LogP contribution in [0.15, 0.2) is 72.9 Å². The van der Waals surface area contributed by atoms with Crippen molar-refractivity contribution >= 4 is 19.8 Å². The highest BCUT2D eigenvalue weighted by atomic mass is 31.2. The number of hydrogen-bond donors (Lipinski definition) is 6. The zero-order valence-corrected chi connectivity index (χ0v) is 42.1. The van der Waals surface area contributed by atoms with Crippen LogP contribution in [0.4, 0.5) is 0 Å². The number of carbonyl (C=O) groups excluding carboxylic acids is 2. The minimum Gasteiger partial charge on any atom is -0.462 e. The van der Waals surface area contributed by atoms with Crippen molar-refractivity contribution in [3.8, 4) is 0 Å². The molecule has 0 aromatic carbocycles. The van der Waals surface area contributed by atoms with Crippen LogP contribution >= 0.6 is 7.82 Å². The summed E-state index contributed by atoms with van der Waals surface area (Å²) in [6.45, 7) is 3.14. The second-order valence-corrected chi connectivity index (χ2v) is 19.1. The lowest BCUT2D eigenvalue weighted by atomic mass is 9.85. The molecule has 0 spiro atoms. The van der Waals surface area contributed by atoms with Crippen LogP contribution in [0.3, 0.4) is 0 Å². The summed E-state index contributed by atoms with van der Waals surface area (Å²) >= 11 is 0. The minimum absolute atomic E-state index is 0.0403. The maximum absolute atomic E-state index is 12.8. The molecule has 0 aromatic rings. The largest absolute Gasteiger partial charge is 0.472 e. The normalized spacial score (nSPS) is 21.7. The Hall–Kier alpha value is -2.71. The van der Waals surface area contributed by atoms with Gasteiger partial charge in [0.25, 0.3) is 0 Å². The fourth-order valence-electron chi connectivity index (χ4n) is 7.49. The van der Waals surface area contributed by atoms with E-state index in [1.807, 2.05) is 18.2 Å². The Morgan fingerprint density at radius 1 is 0.478 bits per heavy atom. The first kappa shape index (κ1) is 62.3. The Kier molecular flexibility index (Phi) is 39.2. The highest BCUT2D eigenvalue weighted by Crippen LogP contribution is 2.47. The van der Waals surface area contributed by atoms with Gasteiger partial charge in [0.05, 0.1) is 6.61 Å². The molecule has 0 saturated heterocycles. The molecule has 0 aromatic heterocycles. The highest BCUT2D eigenvalue weighted by molar-refractivity contribution is 7.47. The number of ether oxygens (including phenoxy) is 2. The molecule has 1 rings (SSSR count). The van der Waals surface area contributed by atoms with Gasteiger partial charge in [0.2, 0.25) is 0 Å². The molecule has 0 radical (unpaired) electrons. The van der Waals surface area contributed by atoms with Crippen LogP contribution in [0, 0.1) is 0 Å². The van der Waals surface area contributed by atoms with E-state index in [0.29, 0.717) is 19.3 Å². The smallest absolute Gasteiger partial charge is 0.462 e. The summed E-state index contributed by atoms with van der Waals surface area (Å²) in [5.41, 5.74) is 0. The molecule has 1 aliphatic carbocycles. The van der Waals surface area contributed by atoms with E-state index in [4.69, 9.17) is 18.5 Å². The monoisotopic (exact) mass is 967 g/mol. The summed E-state index contributed by atoms with van der Waals surface area (Å²) in [5, 5.41) is 50.3. The van der Waals surface area contributed by atoms with Gasteiger partial charge in [0.15, 0.2) is 6.10 Å². The van der Waals surface area contributed by atoms with Gasteiger partial charge in [-0.1, -0.05) is 202 Å². The van der Waals surface area contributed by atoms with E-state index in [0.717, 1.165) is 57.8 Å². The van der Waals surface area contributed by atoms with Gasteiger partial charge in [0, 0.05) is 12.8 Å². The Morgan fingerprint density at radius 3 is 1.27 bits per heavy atom. The van der Waals surface area contributed by atoms with Gasteiger partial charge in [-0.3, -0.25) is 18.6 Å². The van der Waals surface area contributed by atoms with Crippen LogP contribution in [0.1, 0.15) is 194 Å². The molecule has 0 bridgehead atoms. The van der Waals surface area contributed by atoms with E-state index < -0.39 is 75.7 Å². The third-order valence-corrected chi connectivity index (χ3v) is 12.6. The van der Waals surface area contributed by atoms with Gasteiger partial charge in [-0.05, 0) is 51.4 Å². The highest BCUT2D eigenvalue weighted by Gasteiger charge is 2.51. The van der Waals surface area contributed by atoms with E-state index in [9.17, 15) is 44.6 Å². The summed E-state index contributed by atoms with van der Waals surface area (Å²) in [5.74, 6) is -1.19. The molecular weight excluding hydrogens is 876 g/mol. The number of hydrogen-bond acceptors (Lipinski definition) is 12. The number of phosphoric ester groups is 1. The number of carbonyl (C=O) groups is 2. The minimum atomic E-state index is -5.14. The van der Waals surface area contributed by atoms with Crippen LogP contribution < -0.4 is 0 Å². The molecule has 67 heavy (non-hydrogen) atoms. The molecule has 0 amide bonds. The number of phosphoric acid groups is 1. The number of aliphatic hydroxyl groups excluding tert-OH is 5. The summed E-state index contributed by atoms with van der Waals surface area (Å²) in [6, 6.07) is 0. The van der Waals surface area contributed by atoms with Crippen molar-refractivity contribution in [2.75, 3.05) is 13.2 Å². The van der Waals surface area contributed by atoms with Crippen molar-refractivity contribution in [1.29, 1.82) is 0 Å². The molecule has 1 aliphatic rings. The molecule has 386 valence electrons. The Labute approximate surface area is 404 Å². The Bertz CT molecular complexity index is 1440. The molecule has 0 aliphatic heterocycles. The van der Waals surface area contributed by atoms with Crippen molar-refractivity contribution in [3.63, 3.8) is 0 Å². The molecule has 14 heteroatoms. The molecular formula is C53H91O13P. The fourth-order valence-corrected chi connectivity index (χ4v) is 8.46. The number of esters is 2. The standard InChI is InChI=1S/C53H91O13P/c1-3-5-7-9-11-13-15-17-19-21-23-25-27-29-31-33-35-37-39-41-46(54)63-43-45(44-64-67(61,62)66-53-51(59)49(57)48(56)50(58)52(53)60)65-47(55)42-40-38-36-34-32-30-28-26-24-22-20-18-16-14-12-10-8-6-4-2/h5,7,11,13,17,19,23,25,29,31,35,37,45,48-53,56-60H,3-4,6,8-10,12,14-16,18,20-22,24,26-28,30,32-34,36,38-44H2,1-2H3,(H,61,62)/b7-5+,13-11+,19-17+,25-23+,31-29+,37-35+/t45-,48?,49-,50?,51?,52?,53?/m0/s1. The predicted octanol–water partition coefficient (Wildman–Crippen LogP) is 11.1. The Balaban J connectivity index is 2.45. The number of rotatable bonds is 42. The SMILES string of the molecule is CC/C=C/C/C=C/C/C=C/C/C=C/C/C=C/C/C=C/CCC(=O)OC[C@@H](COP(=O)(O)OC1C(O)C(O)C(O)[C@H](O)C1O)OC(=O)CCCCCCCCCCCCCCCCCCCCC. The van der Waals surface area contributed by atoms with Gasteiger partial charge in [-0.2, -0.15) is 0 Å². The summed E-state index contributed by atoms with van der Waals surface area (Å²) in [7, 11) is -5.14. The molecule has 0 heterocycles. The fraction of sp³-hybridized carbons (Fsp3) is 0.736. The van der Waals surface area contributed by atoms with Gasteiger partial charge >= 0.3 is 19.8 Å². The zero-order valence-electron chi connectivity index (χ0n) is 41.2. The summed E-state index contributed by atoms with van der Waals surface area (Å²) in [4.78, 5) is 35.8. The molecule has 13 nitrogen and oxygen atoms in total.